The number of aliphatic hydroxyl groups excluding tert-OH is 1. The van der Waals surface area contributed by atoms with Gasteiger partial charge in [0.05, 0.1) is 6.10 Å². The van der Waals surface area contributed by atoms with E-state index >= 15 is 0 Å². The Morgan fingerprint density at radius 2 is 2.43 bits per heavy atom. The zero-order valence-corrected chi connectivity index (χ0v) is 7.62. The predicted octanol–water partition coefficient (Wildman–Crippen LogP) is -0.691. The van der Waals surface area contributed by atoms with E-state index in [9.17, 15) is 0 Å². The van der Waals surface area contributed by atoms with Crippen molar-refractivity contribution in [1.29, 1.82) is 0 Å². The van der Waals surface area contributed by atoms with Gasteiger partial charge in [-0.1, -0.05) is 0 Å². The lowest BCUT2D eigenvalue weighted by Gasteiger charge is -1.97. The minimum atomic E-state index is -0.444. The summed E-state index contributed by atoms with van der Waals surface area (Å²) < 4.78 is 1.48. The lowest BCUT2D eigenvalue weighted by Crippen LogP contribution is -2.06. The molecule has 0 bridgehead atoms. The molecule has 0 radical (unpaired) electrons. The minimum Gasteiger partial charge on any atom is -0.393 e. The fourth-order valence-electron chi connectivity index (χ4n) is 1.07. The summed E-state index contributed by atoms with van der Waals surface area (Å²) >= 11 is 0. The maximum absolute atomic E-state index is 9.12. The number of nitrogens with zero attached hydrogens (tertiary/aromatic N) is 5. The van der Waals surface area contributed by atoms with Crippen LogP contribution in [0.3, 0.4) is 0 Å². The van der Waals surface area contributed by atoms with Crippen LogP contribution in [0.1, 0.15) is 12.7 Å². The Morgan fingerprint density at radius 3 is 3.07 bits per heavy atom. The molecule has 2 aromatic rings. The molecule has 0 fully saturated rings. The van der Waals surface area contributed by atoms with Crippen LogP contribution in [0.4, 0.5) is 0 Å². The van der Waals surface area contributed by atoms with Gasteiger partial charge in [-0.15, -0.1) is 5.10 Å². The SMILES string of the molecule is CC(O)Cc1ncn(-c2ncn[nH]2)n1. The fraction of sp³-hybridized carbons (Fsp3) is 0.429. The van der Waals surface area contributed by atoms with Crippen molar-refractivity contribution in [3.05, 3.63) is 18.5 Å². The Morgan fingerprint density at radius 1 is 1.57 bits per heavy atom. The van der Waals surface area contributed by atoms with Gasteiger partial charge >= 0.3 is 0 Å². The molecule has 2 aromatic heterocycles. The Hall–Kier alpha value is -1.76. The highest BCUT2D eigenvalue weighted by Crippen LogP contribution is 1.99. The summed E-state index contributed by atoms with van der Waals surface area (Å²) in [4.78, 5) is 7.93. The van der Waals surface area contributed by atoms with E-state index in [0.29, 0.717) is 18.2 Å². The number of nitrogens with one attached hydrogen (secondary N) is 1. The van der Waals surface area contributed by atoms with E-state index in [1.807, 2.05) is 0 Å². The van der Waals surface area contributed by atoms with E-state index in [4.69, 9.17) is 5.11 Å². The van der Waals surface area contributed by atoms with Crippen LogP contribution in [-0.4, -0.2) is 41.2 Å². The molecule has 0 aromatic carbocycles. The number of rotatable bonds is 3. The number of aromatic amines is 1. The van der Waals surface area contributed by atoms with Crippen LogP contribution >= 0.6 is 0 Å². The molecule has 14 heavy (non-hydrogen) atoms. The highest BCUT2D eigenvalue weighted by molar-refractivity contribution is 5.03. The molecule has 1 unspecified atom stereocenters. The number of H-pyrrole nitrogens is 1. The van der Waals surface area contributed by atoms with Gasteiger partial charge in [0.25, 0.3) is 0 Å². The molecule has 2 N–H and O–H groups in total. The van der Waals surface area contributed by atoms with Crippen molar-refractivity contribution in [3.63, 3.8) is 0 Å². The van der Waals surface area contributed by atoms with Crippen LogP contribution < -0.4 is 0 Å². The lowest BCUT2D eigenvalue weighted by molar-refractivity contribution is 0.193. The van der Waals surface area contributed by atoms with Crippen LogP contribution in [-0.2, 0) is 6.42 Å². The summed E-state index contributed by atoms with van der Waals surface area (Å²) in [5, 5.41) is 19.6. The van der Waals surface area contributed by atoms with Gasteiger partial charge in [0, 0.05) is 6.42 Å². The maximum atomic E-state index is 9.12. The number of aliphatic hydroxyl groups is 1. The molecule has 0 aliphatic rings. The van der Waals surface area contributed by atoms with Crippen molar-refractivity contribution in [2.45, 2.75) is 19.4 Å². The number of aromatic nitrogens is 6. The molecule has 2 heterocycles. The van der Waals surface area contributed by atoms with Crippen LogP contribution in [0, 0.1) is 0 Å². The Bertz CT molecular complexity index is 392. The Balaban J connectivity index is 2.18. The second kappa shape index (κ2) is 3.54. The van der Waals surface area contributed by atoms with Crippen LogP contribution in [0.2, 0.25) is 0 Å². The summed E-state index contributed by atoms with van der Waals surface area (Å²) in [7, 11) is 0. The third kappa shape index (κ3) is 1.77. The average molecular weight is 194 g/mol. The first kappa shape index (κ1) is 8.82. The zero-order chi connectivity index (χ0) is 9.97. The molecule has 0 aliphatic heterocycles. The van der Waals surface area contributed by atoms with Gasteiger partial charge in [-0.05, 0) is 6.92 Å². The van der Waals surface area contributed by atoms with Gasteiger partial charge in [0.2, 0.25) is 5.95 Å². The van der Waals surface area contributed by atoms with Crippen molar-refractivity contribution >= 4 is 0 Å². The first-order chi connectivity index (χ1) is 6.75. The van der Waals surface area contributed by atoms with Gasteiger partial charge in [-0.3, -0.25) is 0 Å². The topological polar surface area (TPSA) is 92.5 Å². The van der Waals surface area contributed by atoms with Crippen molar-refractivity contribution in [2.24, 2.45) is 0 Å². The van der Waals surface area contributed by atoms with Crippen molar-refractivity contribution in [1.82, 2.24) is 29.9 Å². The second-order valence-corrected chi connectivity index (χ2v) is 2.97. The molecule has 0 saturated carbocycles. The van der Waals surface area contributed by atoms with Crippen molar-refractivity contribution in [2.75, 3.05) is 0 Å². The van der Waals surface area contributed by atoms with Crippen LogP contribution in [0.5, 0.6) is 0 Å². The fourth-order valence-corrected chi connectivity index (χ4v) is 1.07. The third-order valence-electron chi connectivity index (χ3n) is 1.64. The summed E-state index contributed by atoms with van der Waals surface area (Å²) in [6.07, 6.45) is 2.91. The van der Waals surface area contributed by atoms with E-state index in [1.165, 1.54) is 17.3 Å². The first-order valence-electron chi connectivity index (χ1n) is 4.20. The van der Waals surface area contributed by atoms with Gasteiger partial charge in [-0.2, -0.15) is 14.8 Å². The van der Waals surface area contributed by atoms with Crippen LogP contribution in [0.15, 0.2) is 12.7 Å². The number of hydrogen-bond acceptors (Lipinski definition) is 5. The van der Waals surface area contributed by atoms with E-state index in [1.54, 1.807) is 6.92 Å². The molecule has 1 atom stereocenters. The van der Waals surface area contributed by atoms with Crippen molar-refractivity contribution in [3.8, 4) is 5.95 Å². The van der Waals surface area contributed by atoms with Crippen molar-refractivity contribution < 1.29 is 5.11 Å². The number of hydrogen-bond donors (Lipinski definition) is 2. The molecular formula is C7H10N6O. The maximum Gasteiger partial charge on any atom is 0.247 e. The van der Waals surface area contributed by atoms with Crippen LogP contribution in [0.25, 0.3) is 5.95 Å². The highest BCUT2D eigenvalue weighted by Gasteiger charge is 2.06. The second-order valence-electron chi connectivity index (χ2n) is 2.97. The Kier molecular flexibility index (Phi) is 2.23. The molecule has 0 spiro atoms. The lowest BCUT2D eigenvalue weighted by atomic mass is 10.3. The molecule has 0 saturated heterocycles. The smallest absolute Gasteiger partial charge is 0.247 e. The first-order valence-corrected chi connectivity index (χ1v) is 4.20. The van der Waals surface area contributed by atoms with Gasteiger partial charge in [-0.25, -0.2) is 10.1 Å². The molecule has 0 aliphatic carbocycles. The Labute approximate surface area is 79.8 Å². The van der Waals surface area contributed by atoms with E-state index in [2.05, 4.69) is 25.3 Å². The average Bonchev–Trinajstić information content (AvgIpc) is 2.69. The quantitative estimate of drug-likeness (QED) is 0.674. The van der Waals surface area contributed by atoms with Gasteiger partial charge in [0.15, 0.2) is 5.82 Å². The molecule has 7 nitrogen and oxygen atoms in total. The predicted molar refractivity (Wildman–Crippen MR) is 46.7 cm³/mol. The largest absolute Gasteiger partial charge is 0.393 e. The summed E-state index contributed by atoms with van der Waals surface area (Å²) in [6, 6.07) is 0. The normalized spacial score (nSPS) is 13.0. The van der Waals surface area contributed by atoms with Gasteiger partial charge < -0.3 is 5.11 Å². The minimum absolute atomic E-state index is 0.432. The third-order valence-corrected chi connectivity index (χ3v) is 1.64. The zero-order valence-electron chi connectivity index (χ0n) is 7.62. The molecular weight excluding hydrogens is 184 g/mol. The van der Waals surface area contributed by atoms with E-state index in [0.717, 1.165) is 0 Å². The monoisotopic (exact) mass is 194 g/mol. The van der Waals surface area contributed by atoms with E-state index in [-0.39, 0.29) is 0 Å². The summed E-state index contributed by atoms with van der Waals surface area (Å²) in [6.45, 7) is 1.69. The van der Waals surface area contributed by atoms with Gasteiger partial charge in [0.1, 0.15) is 12.7 Å². The molecule has 74 valence electrons. The summed E-state index contributed by atoms with van der Waals surface area (Å²) in [5.74, 6) is 1.09. The molecule has 0 amide bonds. The van der Waals surface area contributed by atoms with E-state index < -0.39 is 6.10 Å². The standard InChI is InChI=1S/C7H10N6O/c1-5(14)2-6-9-4-13(12-6)7-8-3-10-11-7/h3-5,14H,2H2,1H3,(H,8,10,11). The summed E-state index contributed by atoms with van der Waals surface area (Å²) in [5.41, 5.74) is 0. The highest BCUT2D eigenvalue weighted by atomic mass is 16.3. The molecule has 7 heteroatoms. The molecule has 2 rings (SSSR count).